The Labute approximate surface area is 164 Å². The van der Waals surface area contributed by atoms with E-state index in [-0.39, 0.29) is 0 Å². The number of fused-ring (bicyclic) bond motifs is 1. The number of hydrogen-bond acceptors (Lipinski definition) is 2. The van der Waals surface area contributed by atoms with Gasteiger partial charge in [0.2, 0.25) is 0 Å². The first kappa shape index (κ1) is 17.7. The van der Waals surface area contributed by atoms with Gasteiger partial charge in [0, 0.05) is 21.7 Å². The van der Waals surface area contributed by atoms with Gasteiger partial charge in [0.05, 0.1) is 13.7 Å². The van der Waals surface area contributed by atoms with E-state index in [1.165, 1.54) is 5.56 Å². The van der Waals surface area contributed by atoms with Crippen LogP contribution in [-0.4, -0.2) is 13.7 Å². The second kappa shape index (κ2) is 7.48. The lowest BCUT2D eigenvalue weighted by atomic mass is 9.81. The Morgan fingerprint density at radius 1 is 1.00 bits per heavy atom. The second-order valence-corrected chi connectivity index (χ2v) is 6.87. The highest BCUT2D eigenvalue weighted by atomic mass is 35.5. The molecule has 0 amide bonds. The Morgan fingerprint density at radius 2 is 1.85 bits per heavy atom. The number of ether oxygens (including phenoxy) is 2. The van der Waals surface area contributed by atoms with Gasteiger partial charge in [0.25, 0.3) is 0 Å². The van der Waals surface area contributed by atoms with Crippen molar-refractivity contribution in [1.29, 1.82) is 0 Å². The molecule has 1 aliphatic heterocycles. The monoisotopic (exact) mass is 374 g/mol. The normalized spacial score (nSPS) is 18.1. The highest BCUT2D eigenvalue weighted by Gasteiger charge is 2.38. The van der Waals surface area contributed by atoms with Crippen LogP contribution in [0.1, 0.15) is 22.3 Å². The van der Waals surface area contributed by atoms with Gasteiger partial charge in [-0.15, -0.1) is 0 Å². The van der Waals surface area contributed by atoms with Crippen LogP contribution in [0.3, 0.4) is 0 Å². The lowest BCUT2D eigenvalue weighted by Gasteiger charge is -2.35. The van der Waals surface area contributed by atoms with Crippen LogP contribution in [0.15, 0.2) is 72.8 Å². The summed E-state index contributed by atoms with van der Waals surface area (Å²) >= 11 is 6.12. The molecule has 0 spiro atoms. The number of hydrogen-bond donors (Lipinski definition) is 0. The molecule has 0 aliphatic carbocycles. The molecule has 0 N–H and O–H groups in total. The molecule has 0 saturated heterocycles. The fourth-order valence-electron chi connectivity index (χ4n) is 3.46. The van der Waals surface area contributed by atoms with Gasteiger partial charge in [-0.3, -0.25) is 0 Å². The van der Waals surface area contributed by atoms with Gasteiger partial charge in [0.15, 0.2) is 5.60 Å². The number of benzene rings is 3. The average molecular weight is 375 g/mol. The molecular formula is C24H19ClO2. The minimum absolute atomic E-state index is 0.610. The smallest absolute Gasteiger partial charge is 0.180 e. The molecule has 134 valence electrons. The predicted molar refractivity (Wildman–Crippen MR) is 108 cm³/mol. The SMILES string of the molecule is COc1cccc([C@]2(C#Cc3cccc(Cl)c3)OCCc3ccccc32)c1. The van der Waals surface area contributed by atoms with Crippen LogP contribution in [0.2, 0.25) is 5.02 Å². The summed E-state index contributed by atoms with van der Waals surface area (Å²) in [5, 5.41) is 0.669. The molecule has 0 saturated carbocycles. The van der Waals surface area contributed by atoms with Crippen LogP contribution in [0, 0.1) is 11.8 Å². The van der Waals surface area contributed by atoms with Crippen molar-refractivity contribution < 1.29 is 9.47 Å². The zero-order chi connectivity index (χ0) is 18.7. The van der Waals surface area contributed by atoms with Gasteiger partial charge < -0.3 is 9.47 Å². The molecule has 0 fully saturated rings. The summed E-state index contributed by atoms with van der Waals surface area (Å²) in [4.78, 5) is 0. The summed E-state index contributed by atoms with van der Waals surface area (Å²) in [6.07, 6.45) is 0.876. The standard InChI is InChI=1S/C24H19ClO2/c1-26-22-10-5-8-20(17-22)24(14-12-18-6-4-9-21(25)16-18)23-11-3-2-7-19(23)13-15-27-24/h2-11,16-17H,13,15H2,1H3/t24-/m0/s1. The molecule has 1 heterocycles. The molecule has 27 heavy (non-hydrogen) atoms. The molecular weight excluding hydrogens is 356 g/mol. The van der Waals surface area contributed by atoms with Crippen molar-refractivity contribution in [2.45, 2.75) is 12.0 Å². The topological polar surface area (TPSA) is 18.5 Å². The first-order valence-corrected chi connectivity index (χ1v) is 9.25. The van der Waals surface area contributed by atoms with Crippen LogP contribution < -0.4 is 4.74 Å². The number of halogens is 1. The van der Waals surface area contributed by atoms with Gasteiger partial charge in [-0.2, -0.15) is 0 Å². The average Bonchev–Trinajstić information content (AvgIpc) is 2.72. The van der Waals surface area contributed by atoms with Crippen LogP contribution in [-0.2, 0) is 16.8 Å². The van der Waals surface area contributed by atoms with Crippen molar-refractivity contribution in [3.05, 3.63) is 100 Å². The van der Waals surface area contributed by atoms with Crippen LogP contribution >= 0.6 is 11.6 Å². The van der Waals surface area contributed by atoms with Crippen molar-refractivity contribution in [2.75, 3.05) is 13.7 Å². The van der Waals surface area contributed by atoms with E-state index in [0.717, 1.165) is 28.9 Å². The lowest BCUT2D eigenvalue weighted by Crippen LogP contribution is -2.35. The van der Waals surface area contributed by atoms with Crippen LogP contribution in [0.5, 0.6) is 5.75 Å². The fraction of sp³-hybridized carbons (Fsp3) is 0.167. The molecule has 2 nitrogen and oxygen atoms in total. The van der Waals surface area contributed by atoms with Crippen LogP contribution in [0.4, 0.5) is 0 Å². The molecule has 3 aromatic rings. The molecule has 3 heteroatoms. The Balaban J connectivity index is 1.92. The molecule has 1 atom stereocenters. The first-order valence-electron chi connectivity index (χ1n) is 8.87. The number of methoxy groups -OCH3 is 1. The molecule has 3 aromatic carbocycles. The Hall–Kier alpha value is -2.73. The predicted octanol–water partition coefficient (Wildman–Crippen LogP) is 5.22. The van der Waals surface area contributed by atoms with E-state index in [1.807, 2.05) is 54.6 Å². The third kappa shape index (κ3) is 3.45. The lowest BCUT2D eigenvalue weighted by molar-refractivity contribution is 0.0160. The van der Waals surface area contributed by atoms with Crippen molar-refractivity contribution in [1.82, 2.24) is 0 Å². The zero-order valence-corrected chi connectivity index (χ0v) is 15.8. The Kier molecular flexibility index (Phi) is 4.90. The summed E-state index contributed by atoms with van der Waals surface area (Å²) in [5.41, 5.74) is 3.32. The van der Waals surface area contributed by atoms with Gasteiger partial charge >= 0.3 is 0 Å². The van der Waals surface area contributed by atoms with Crippen molar-refractivity contribution in [3.63, 3.8) is 0 Å². The van der Waals surface area contributed by atoms with Crippen molar-refractivity contribution in [3.8, 4) is 17.6 Å². The van der Waals surface area contributed by atoms with Crippen LogP contribution in [0.25, 0.3) is 0 Å². The largest absolute Gasteiger partial charge is 0.497 e. The minimum atomic E-state index is -0.842. The van der Waals surface area contributed by atoms with Gasteiger partial charge in [0.1, 0.15) is 5.75 Å². The van der Waals surface area contributed by atoms with E-state index < -0.39 is 5.60 Å². The van der Waals surface area contributed by atoms with E-state index in [2.05, 4.69) is 30.0 Å². The zero-order valence-electron chi connectivity index (χ0n) is 15.0. The summed E-state index contributed by atoms with van der Waals surface area (Å²) in [7, 11) is 1.67. The fourth-order valence-corrected chi connectivity index (χ4v) is 3.65. The molecule has 0 aromatic heterocycles. The maximum absolute atomic E-state index is 6.37. The third-order valence-corrected chi connectivity index (χ3v) is 5.01. The van der Waals surface area contributed by atoms with Gasteiger partial charge in [-0.05, 0) is 42.3 Å². The van der Waals surface area contributed by atoms with E-state index in [9.17, 15) is 0 Å². The molecule has 0 bridgehead atoms. The second-order valence-electron chi connectivity index (χ2n) is 6.43. The summed E-state index contributed by atoms with van der Waals surface area (Å²) in [6, 6.07) is 23.8. The number of rotatable bonds is 2. The van der Waals surface area contributed by atoms with Crippen molar-refractivity contribution >= 4 is 11.6 Å². The van der Waals surface area contributed by atoms with E-state index in [0.29, 0.717) is 11.6 Å². The van der Waals surface area contributed by atoms with Gasteiger partial charge in [-0.25, -0.2) is 0 Å². The third-order valence-electron chi connectivity index (χ3n) is 4.77. The highest BCUT2D eigenvalue weighted by Crippen LogP contribution is 2.39. The highest BCUT2D eigenvalue weighted by molar-refractivity contribution is 6.30. The Bertz CT molecular complexity index is 1030. The maximum atomic E-state index is 6.37. The molecule has 1 aliphatic rings. The maximum Gasteiger partial charge on any atom is 0.180 e. The van der Waals surface area contributed by atoms with Crippen molar-refractivity contribution in [2.24, 2.45) is 0 Å². The summed E-state index contributed by atoms with van der Waals surface area (Å²) in [5.74, 6) is 7.47. The Morgan fingerprint density at radius 3 is 2.70 bits per heavy atom. The molecule has 4 rings (SSSR count). The molecule has 0 radical (unpaired) electrons. The first-order chi connectivity index (χ1) is 13.2. The van der Waals surface area contributed by atoms with E-state index >= 15 is 0 Å². The van der Waals surface area contributed by atoms with E-state index in [1.54, 1.807) is 7.11 Å². The van der Waals surface area contributed by atoms with E-state index in [4.69, 9.17) is 21.1 Å². The molecule has 0 unspecified atom stereocenters. The van der Waals surface area contributed by atoms with Gasteiger partial charge in [-0.1, -0.05) is 65.9 Å². The summed E-state index contributed by atoms with van der Waals surface area (Å²) in [6.45, 7) is 0.610. The quantitative estimate of drug-likeness (QED) is 0.573. The summed E-state index contributed by atoms with van der Waals surface area (Å²) < 4.78 is 11.8. The minimum Gasteiger partial charge on any atom is -0.497 e.